The molecule has 2 heterocycles. The summed E-state index contributed by atoms with van der Waals surface area (Å²) in [6.45, 7) is 6.84. The number of halogens is 1. The van der Waals surface area contributed by atoms with Crippen LogP contribution in [0.2, 0.25) is 0 Å². The van der Waals surface area contributed by atoms with Crippen molar-refractivity contribution in [3.8, 4) is 11.5 Å². The van der Waals surface area contributed by atoms with Crippen LogP contribution in [0.5, 0.6) is 11.5 Å². The molecule has 0 bridgehead atoms. The van der Waals surface area contributed by atoms with E-state index in [1.54, 1.807) is 13.2 Å². The van der Waals surface area contributed by atoms with Crippen LogP contribution in [0.25, 0.3) is 0 Å². The molecular formula is C25H32IN5O2. The predicted molar refractivity (Wildman–Crippen MR) is 142 cm³/mol. The fourth-order valence-corrected chi connectivity index (χ4v) is 3.85. The number of benzene rings is 2. The molecule has 0 aliphatic carbocycles. The van der Waals surface area contributed by atoms with Crippen molar-refractivity contribution in [2.75, 3.05) is 13.7 Å². The maximum absolute atomic E-state index is 5.93. The second-order valence-corrected chi connectivity index (χ2v) is 7.96. The number of ether oxygens (including phenoxy) is 2. The van der Waals surface area contributed by atoms with Crippen LogP contribution in [0, 0.1) is 0 Å². The van der Waals surface area contributed by atoms with E-state index in [1.807, 2.05) is 19.4 Å². The number of aromatic nitrogens is 2. The first-order valence-corrected chi connectivity index (χ1v) is 11.1. The average molecular weight is 561 g/mol. The Morgan fingerprint density at radius 1 is 1.18 bits per heavy atom. The van der Waals surface area contributed by atoms with Crippen LogP contribution in [0.1, 0.15) is 36.1 Å². The van der Waals surface area contributed by atoms with Crippen LogP contribution in [-0.2, 0) is 26.1 Å². The molecule has 2 N–H and O–H groups in total. The summed E-state index contributed by atoms with van der Waals surface area (Å²) in [7, 11) is 1.78. The molecule has 8 heteroatoms. The molecule has 1 aliphatic heterocycles. The van der Waals surface area contributed by atoms with Crippen LogP contribution >= 0.6 is 24.0 Å². The Balaban J connectivity index is 0.00000306. The van der Waals surface area contributed by atoms with E-state index in [1.165, 1.54) is 16.7 Å². The summed E-state index contributed by atoms with van der Waals surface area (Å²) in [6.07, 6.45) is 6.73. The molecular weight excluding hydrogens is 529 g/mol. The quantitative estimate of drug-likeness (QED) is 0.246. The van der Waals surface area contributed by atoms with Gasteiger partial charge in [-0.15, -0.1) is 24.0 Å². The van der Waals surface area contributed by atoms with Crippen molar-refractivity contribution >= 4 is 29.9 Å². The summed E-state index contributed by atoms with van der Waals surface area (Å²) in [5.74, 6) is 2.60. The number of nitrogens with one attached hydrogen (secondary N) is 2. The Labute approximate surface area is 212 Å². The first-order valence-electron chi connectivity index (χ1n) is 11.1. The highest BCUT2D eigenvalue weighted by molar-refractivity contribution is 14.0. The molecule has 2 aromatic carbocycles. The first kappa shape index (κ1) is 24.9. The highest BCUT2D eigenvalue weighted by Gasteiger charge is 2.21. The SMILES string of the molecule is CCOc1cc2c(cc1CNC(=NC)NCc1ccc(Cn3ccnc3)cc1)OC(C)C2.I. The van der Waals surface area contributed by atoms with Crippen molar-refractivity contribution in [3.05, 3.63) is 77.4 Å². The Hall–Kier alpha value is -2.75. The van der Waals surface area contributed by atoms with E-state index < -0.39 is 0 Å². The van der Waals surface area contributed by atoms with Gasteiger partial charge in [-0.25, -0.2) is 4.98 Å². The molecule has 0 amide bonds. The molecule has 0 fully saturated rings. The summed E-state index contributed by atoms with van der Waals surface area (Å²) in [5.41, 5.74) is 4.71. The Morgan fingerprint density at radius 2 is 1.94 bits per heavy atom. The van der Waals surface area contributed by atoms with E-state index in [4.69, 9.17) is 9.47 Å². The summed E-state index contributed by atoms with van der Waals surface area (Å²) < 4.78 is 13.9. The van der Waals surface area contributed by atoms with Gasteiger partial charge in [0.15, 0.2) is 5.96 Å². The van der Waals surface area contributed by atoms with E-state index in [0.717, 1.165) is 36.0 Å². The van der Waals surface area contributed by atoms with Crippen LogP contribution < -0.4 is 20.1 Å². The zero-order chi connectivity index (χ0) is 22.3. The van der Waals surface area contributed by atoms with Gasteiger partial charge in [0.25, 0.3) is 0 Å². The second-order valence-electron chi connectivity index (χ2n) is 7.96. The van der Waals surface area contributed by atoms with Crippen molar-refractivity contribution in [2.24, 2.45) is 4.99 Å². The van der Waals surface area contributed by atoms with Gasteiger partial charge in [-0.2, -0.15) is 0 Å². The lowest BCUT2D eigenvalue weighted by atomic mass is 10.1. The van der Waals surface area contributed by atoms with E-state index >= 15 is 0 Å². The maximum atomic E-state index is 5.93. The molecule has 1 unspecified atom stereocenters. The van der Waals surface area contributed by atoms with E-state index in [9.17, 15) is 0 Å². The molecule has 1 aliphatic rings. The molecule has 3 aromatic rings. The number of imidazole rings is 1. The zero-order valence-electron chi connectivity index (χ0n) is 19.4. The Morgan fingerprint density at radius 3 is 2.64 bits per heavy atom. The second kappa shape index (κ2) is 11.9. The van der Waals surface area contributed by atoms with Gasteiger partial charge in [-0.1, -0.05) is 24.3 Å². The third-order valence-electron chi connectivity index (χ3n) is 5.46. The number of hydrogen-bond acceptors (Lipinski definition) is 4. The fraction of sp³-hybridized carbons (Fsp3) is 0.360. The number of hydrogen-bond donors (Lipinski definition) is 2. The zero-order valence-corrected chi connectivity index (χ0v) is 21.7. The van der Waals surface area contributed by atoms with Gasteiger partial charge in [0, 0.05) is 56.6 Å². The van der Waals surface area contributed by atoms with E-state index in [0.29, 0.717) is 19.7 Å². The van der Waals surface area contributed by atoms with Crippen LogP contribution in [0.3, 0.4) is 0 Å². The molecule has 0 radical (unpaired) electrons. The topological polar surface area (TPSA) is 72.7 Å². The molecule has 176 valence electrons. The highest BCUT2D eigenvalue weighted by atomic mass is 127. The summed E-state index contributed by atoms with van der Waals surface area (Å²) >= 11 is 0. The smallest absolute Gasteiger partial charge is 0.191 e. The van der Waals surface area contributed by atoms with Crippen LogP contribution in [0.4, 0.5) is 0 Å². The molecule has 1 atom stereocenters. The molecule has 33 heavy (non-hydrogen) atoms. The van der Waals surface area contributed by atoms with Gasteiger partial charge < -0.3 is 24.7 Å². The normalized spacial score (nSPS) is 14.8. The lowest BCUT2D eigenvalue weighted by Crippen LogP contribution is -2.36. The Bertz CT molecular complexity index is 1050. The molecule has 0 saturated heterocycles. The summed E-state index contributed by atoms with van der Waals surface area (Å²) in [4.78, 5) is 8.45. The van der Waals surface area contributed by atoms with Crippen molar-refractivity contribution in [1.29, 1.82) is 0 Å². The van der Waals surface area contributed by atoms with Crippen LogP contribution in [0.15, 0.2) is 60.1 Å². The number of guanidine groups is 1. The lowest BCUT2D eigenvalue weighted by Gasteiger charge is -2.16. The predicted octanol–water partition coefficient (Wildman–Crippen LogP) is 4.14. The number of nitrogens with zero attached hydrogens (tertiary/aromatic N) is 3. The van der Waals surface area contributed by atoms with Gasteiger partial charge in [-0.05, 0) is 37.1 Å². The van der Waals surface area contributed by atoms with Gasteiger partial charge in [0.05, 0.1) is 12.9 Å². The number of fused-ring (bicyclic) bond motifs is 1. The van der Waals surface area contributed by atoms with Crippen molar-refractivity contribution in [3.63, 3.8) is 0 Å². The average Bonchev–Trinajstić information content (AvgIpc) is 3.43. The third kappa shape index (κ3) is 6.63. The number of rotatable bonds is 8. The van der Waals surface area contributed by atoms with Crippen molar-refractivity contribution in [2.45, 2.75) is 46.0 Å². The lowest BCUT2D eigenvalue weighted by molar-refractivity contribution is 0.254. The van der Waals surface area contributed by atoms with Crippen molar-refractivity contribution < 1.29 is 9.47 Å². The van der Waals surface area contributed by atoms with E-state index in [2.05, 4.69) is 68.5 Å². The molecule has 4 rings (SSSR count). The minimum atomic E-state index is 0. The fourth-order valence-electron chi connectivity index (χ4n) is 3.85. The van der Waals surface area contributed by atoms with E-state index in [-0.39, 0.29) is 30.1 Å². The molecule has 1 aromatic heterocycles. The molecule has 0 spiro atoms. The van der Waals surface area contributed by atoms with Gasteiger partial charge in [-0.3, -0.25) is 4.99 Å². The largest absolute Gasteiger partial charge is 0.494 e. The number of aliphatic imine (C=N–C) groups is 1. The standard InChI is InChI=1S/C25H31N5O2.HI/c1-4-31-23-12-21-11-18(2)32-24(21)13-22(23)15-29-25(26-3)28-14-19-5-7-20(8-6-19)16-30-10-9-27-17-30;/h5-10,12-13,17-18H,4,11,14-16H2,1-3H3,(H2,26,28,29);1H. The first-order chi connectivity index (χ1) is 15.6. The van der Waals surface area contributed by atoms with Gasteiger partial charge in [0.2, 0.25) is 0 Å². The maximum Gasteiger partial charge on any atom is 0.191 e. The van der Waals surface area contributed by atoms with Gasteiger partial charge >= 0.3 is 0 Å². The summed E-state index contributed by atoms with van der Waals surface area (Å²) in [6, 6.07) is 12.8. The highest BCUT2D eigenvalue weighted by Crippen LogP contribution is 2.35. The molecule has 0 saturated carbocycles. The third-order valence-corrected chi connectivity index (χ3v) is 5.46. The monoisotopic (exact) mass is 561 g/mol. The van der Waals surface area contributed by atoms with Crippen molar-refractivity contribution in [1.82, 2.24) is 20.2 Å². The molecule has 7 nitrogen and oxygen atoms in total. The van der Waals surface area contributed by atoms with Gasteiger partial charge in [0.1, 0.15) is 17.6 Å². The minimum Gasteiger partial charge on any atom is -0.494 e. The minimum absolute atomic E-state index is 0. The van der Waals surface area contributed by atoms with Crippen LogP contribution in [-0.4, -0.2) is 35.3 Å². The summed E-state index contributed by atoms with van der Waals surface area (Å²) in [5, 5.41) is 6.77. The Kier molecular flexibility index (Phi) is 8.99.